The van der Waals surface area contributed by atoms with Gasteiger partial charge in [-0.05, 0) is 36.8 Å². The summed E-state index contributed by atoms with van der Waals surface area (Å²) >= 11 is 0. The maximum Gasteiger partial charge on any atom is 0.265 e. The zero-order chi connectivity index (χ0) is 14.8. The zero-order valence-electron chi connectivity index (χ0n) is 11.6. The number of nitrogens with one attached hydrogen (secondary N) is 1. The monoisotopic (exact) mass is 281 g/mol. The van der Waals surface area contributed by atoms with Crippen LogP contribution in [0.4, 0.5) is 11.5 Å². The van der Waals surface area contributed by atoms with Gasteiger partial charge in [0.05, 0.1) is 12.2 Å². The summed E-state index contributed by atoms with van der Waals surface area (Å²) in [5.41, 5.74) is 2.45. The molecule has 21 heavy (non-hydrogen) atoms. The number of aromatic nitrogens is 2. The van der Waals surface area contributed by atoms with E-state index in [0.717, 1.165) is 11.3 Å². The fourth-order valence-corrected chi connectivity index (χ4v) is 2.23. The topological polar surface area (TPSA) is 66.6 Å². The molecule has 2 N–H and O–H groups in total. The van der Waals surface area contributed by atoms with Gasteiger partial charge in [-0.3, -0.25) is 9.20 Å². The van der Waals surface area contributed by atoms with Gasteiger partial charge in [-0.1, -0.05) is 18.2 Å². The average molecular weight is 281 g/mol. The van der Waals surface area contributed by atoms with Crippen molar-refractivity contribution in [1.29, 1.82) is 0 Å². The molecule has 0 spiro atoms. The van der Waals surface area contributed by atoms with E-state index in [-0.39, 0.29) is 17.7 Å². The minimum atomic E-state index is -0.363. The molecule has 106 valence electrons. The van der Waals surface area contributed by atoms with Crippen LogP contribution < -0.4 is 10.9 Å². The second-order valence-corrected chi connectivity index (χ2v) is 4.83. The SMILES string of the molecule is Cc1cccc(Nc2nc3ccccn3c(=O)c2CO)c1. The lowest BCUT2D eigenvalue weighted by molar-refractivity contribution is 0.280. The molecule has 5 heteroatoms. The third-order valence-electron chi connectivity index (χ3n) is 3.27. The highest BCUT2D eigenvalue weighted by Crippen LogP contribution is 2.18. The highest BCUT2D eigenvalue weighted by atomic mass is 16.3. The van der Waals surface area contributed by atoms with Gasteiger partial charge >= 0.3 is 0 Å². The number of aliphatic hydroxyl groups excluding tert-OH is 1. The Kier molecular flexibility index (Phi) is 3.41. The van der Waals surface area contributed by atoms with Crippen molar-refractivity contribution in [2.24, 2.45) is 0 Å². The smallest absolute Gasteiger partial charge is 0.265 e. The Morgan fingerprint density at radius 2 is 2.10 bits per heavy atom. The number of anilines is 2. The van der Waals surface area contributed by atoms with E-state index in [2.05, 4.69) is 10.3 Å². The van der Waals surface area contributed by atoms with Gasteiger partial charge in [0.1, 0.15) is 11.5 Å². The molecule has 1 aromatic carbocycles. The van der Waals surface area contributed by atoms with Crippen molar-refractivity contribution in [1.82, 2.24) is 9.38 Å². The van der Waals surface area contributed by atoms with Gasteiger partial charge in [-0.15, -0.1) is 0 Å². The maximum atomic E-state index is 12.4. The van der Waals surface area contributed by atoms with E-state index >= 15 is 0 Å². The van der Waals surface area contributed by atoms with Crippen molar-refractivity contribution in [2.75, 3.05) is 5.32 Å². The first-order valence-electron chi connectivity index (χ1n) is 6.64. The van der Waals surface area contributed by atoms with Crippen molar-refractivity contribution < 1.29 is 5.11 Å². The van der Waals surface area contributed by atoms with Gasteiger partial charge in [-0.25, -0.2) is 4.98 Å². The molecule has 3 aromatic rings. The lowest BCUT2D eigenvalue weighted by Gasteiger charge is -2.11. The van der Waals surface area contributed by atoms with Crippen molar-refractivity contribution in [3.63, 3.8) is 0 Å². The fourth-order valence-electron chi connectivity index (χ4n) is 2.23. The molecule has 0 saturated carbocycles. The fraction of sp³-hybridized carbons (Fsp3) is 0.125. The molecule has 3 rings (SSSR count). The largest absolute Gasteiger partial charge is 0.391 e. The van der Waals surface area contributed by atoms with E-state index < -0.39 is 0 Å². The molecule has 0 atom stereocenters. The van der Waals surface area contributed by atoms with Crippen LogP contribution in [0, 0.1) is 6.92 Å². The second-order valence-electron chi connectivity index (χ2n) is 4.83. The van der Waals surface area contributed by atoms with Crippen LogP contribution >= 0.6 is 0 Å². The van der Waals surface area contributed by atoms with Gasteiger partial charge < -0.3 is 10.4 Å². The molecule has 0 unspecified atom stereocenters. The molecule has 0 amide bonds. The van der Waals surface area contributed by atoms with Crippen LogP contribution in [-0.4, -0.2) is 14.5 Å². The Morgan fingerprint density at radius 1 is 1.24 bits per heavy atom. The number of aliphatic hydroxyl groups is 1. The normalized spacial score (nSPS) is 10.8. The Labute approximate surface area is 121 Å². The van der Waals surface area contributed by atoms with Crippen LogP contribution in [0.15, 0.2) is 53.5 Å². The highest BCUT2D eigenvalue weighted by Gasteiger charge is 2.11. The predicted molar refractivity (Wildman–Crippen MR) is 81.8 cm³/mol. The summed E-state index contributed by atoms with van der Waals surface area (Å²) in [6.45, 7) is 1.62. The zero-order valence-corrected chi connectivity index (χ0v) is 11.6. The summed E-state index contributed by atoms with van der Waals surface area (Å²) < 4.78 is 1.42. The van der Waals surface area contributed by atoms with Crippen LogP contribution in [0.1, 0.15) is 11.1 Å². The number of rotatable bonds is 3. The standard InChI is InChI=1S/C16H15N3O2/c1-11-5-4-6-12(9-11)17-15-13(10-20)16(21)19-8-3-2-7-14(19)18-15/h2-9,17,20H,10H2,1H3. The van der Waals surface area contributed by atoms with Crippen LogP contribution in [-0.2, 0) is 6.61 Å². The van der Waals surface area contributed by atoms with Gasteiger partial charge in [0.25, 0.3) is 5.56 Å². The number of nitrogens with zero attached hydrogens (tertiary/aromatic N) is 2. The van der Waals surface area contributed by atoms with E-state index in [1.807, 2.05) is 37.3 Å². The van der Waals surface area contributed by atoms with Gasteiger partial charge in [-0.2, -0.15) is 0 Å². The van der Waals surface area contributed by atoms with Gasteiger partial charge in [0.2, 0.25) is 0 Å². The van der Waals surface area contributed by atoms with E-state index in [1.165, 1.54) is 4.40 Å². The first-order valence-corrected chi connectivity index (χ1v) is 6.64. The number of pyridine rings is 1. The van der Waals surface area contributed by atoms with E-state index in [4.69, 9.17) is 0 Å². The molecule has 2 aromatic heterocycles. The molecule has 0 aliphatic carbocycles. The third-order valence-corrected chi connectivity index (χ3v) is 3.27. The van der Waals surface area contributed by atoms with Gasteiger partial charge in [0.15, 0.2) is 0 Å². The van der Waals surface area contributed by atoms with Crippen LogP contribution in [0.25, 0.3) is 5.65 Å². The predicted octanol–water partition coefficient (Wildman–Crippen LogP) is 2.24. The molecule has 0 aliphatic rings. The first-order chi connectivity index (χ1) is 10.2. The third kappa shape index (κ3) is 2.51. The van der Waals surface area contributed by atoms with Crippen molar-refractivity contribution >= 4 is 17.2 Å². The number of benzene rings is 1. The van der Waals surface area contributed by atoms with Crippen molar-refractivity contribution in [2.45, 2.75) is 13.5 Å². The summed E-state index contributed by atoms with van der Waals surface area (Å²) in [6, 6.07) is 13.1. The molecule has 2 heterocycles. The minimum Gasteiger partial charge on any atom is -0.391 e. The molecule has 0 aliphatic heterocycles. The number of hydrogen-bond donors (Lipinski definition) is 2. The number of aryl methyl sites for hydroxylation is 1. The lowest BCUT2D eigenvalue weighted by Crippen LogP contribution is -2.21. The Morgan fingerprint density at radius 3 is 2.86 bits per heavy atom. The quantitative estimate of drug-likeness (QED) is 0.772. The van der Waals surface area contributed by atoms with Crippen LogP contribution in [0.5, 0.6) is 0 Å². The lowest BCUT2D eigenvalue weighted by atomic mass is 10.2. The Balaban J connectivity index is 2.15. The number of hydrogen-bond acceptors (Lipinski definition) is 4. The molecule has 0 bridgehead atoms. The molecule has 0 radical (unpaired) electrons. The van der Waals surface area contributed by atoms with E-state index in [9.17, 15) is 9.90 Å². The van der Waals surface area contributed by atoms with E-state index in [0.29, 0.717) is 11.5 Å². The molecule has 0 saturated heterocycles. The second kappa shape index (κ2) is 5.38. The average Bonchev–Trinajstić information content (AvgIpc) is 2.48. The van der Waals surface area contributed by atoms with Crippen molar-refractivity contribution in [3.8, 4) is 0 Å². The summed E-state index contributed by atoms with van der Waals surface area (Å²) in [5.74, 6) is 0.388. The summed E-state index contributed by atoms with van der Waals surface area (Å²) in [7, 11) is 0. The van der Waals surface area contributed by atoms with Crippen molar-refractivity contribution in [3.05, 3.63) is 70.1 Å². The molecular weight excluding hydrogens is 266 g/mol. The van der Waals surface area contributed by atoms with E-state index in [1.54, 1.807) is 18.3 Å². The Hall–Kier alpha value is -2.66. The highest BCUT2D eigenvalue weighted by molar-refractivity contribution is 5.62. The summed E-state index contributed by atoms with van der Waals surface area (Å²) in [6.07, 6.45) is 1.64. The Bertz CT molecular complexity index is 856. The molecular formula is C16H15N3O2. The van der Waals surface area contributed by atoms with Crippen LogP contribution in [0.2, 0.25) is 0 Å². The summed E-state index contributed by atoms with van der Waals surface area (Å²) in [4.78, 5) is 16.8. The minimum absolute atomic E-state index is 0.250. The first kappa shape index (κ1) is 13.3. The molecule has 5 nitrogen and oxygen atoms in total. The maximum absolute atomic E-state index is 12.4. The summed E-state index contributed by atoms with van der Waals surface area (Å²) in [5, 5.41) is 12.6. The van der Waals surface area contributed by atoms with Crippen LogP contribution in [0.3, 0.4) is 0 Å². The number of fused-ring (bicyclic) bond motifs is 1. The molecule has 0 fully saturated rings. The van der Waals surface area contributed by atoms with Gasteiger partial charge in [0, 0.05) is 11.9 Å².